The number of para-hydroxylation sites is 1. The molecule has 1 N–H and O–H groups in total. The lowest BCUT2D eigenvalue weighted by Crippen LogP contribution is -2.39. The highest BCUT2D eigenvalue weighted by Crippen LogP contribution is 2.34. The van der Waals surface area contributed by atoms with Crippen LogP contribution in [0.1, 0.15) is 34.6 Å². The fourth-order valence-electron chi connectivity index (χ4n) is 3.43. The molecule has 3 heterocycles. The minimum atomic E-state index is -0.0394. The number of aromatic nitrogens is 2. The zero-order valence-electron chi connectivity index (χ0n) is 12.8. The number of rotatable bonds is 1. The van der Waals surface area contributed by atoms with Gasteiger partial charge in [0.2, 0.25) is 0 Å². The van der Waals surface area contributed by atoms with Crippen molar-refractivity contribution in [3.05, 3.63) is 70.8 Å². The van der Waals surface area contributed by atoms with Crippen molar-refractivity contribution in [2.24, 2.45) is 0 Å². The summed E-state index contributed by atoms with van der Waals surface area (Å²) in [4.78, 5) is 18.1. The number of hydrogen-bond acceptors (Lipinski definition) is 2. The minimum Gasteiger partial charge on any atom is -0.619 e. The summed E-state index contributed by atoms with van der Waals surface area (Å²) in [6.07, 6.45) is 3.55. The second-order valence-corrected chi connectivity index (χ2v) is 5.93. The summed E-state index contributed by atoms with van der Waals surface area (Å²) in [6, 6.07) is 11.4. The van der Waals surface area contributed by atoms with Crippen LogP contribution in [-0.2, 0) is 6.42 Å². The zero-order valence-corrected chi connectivity index (χ0v) is 12.8. The van der Waals surface area contributed by atoms with Gasteiger partial charge in [-0.25, -0.2) is 0 Å². The first-order valence-corrected chi connectivity index (χ1v) is 7.74. The molecule has 0 bridgehead atoms. The van der Waals surface area contributed by atoms with E-state index in [4.69, 9.17) is 0 Å². The Morgan fingerprint density at radius 3 is 2.78 bits per heavy atom. The van der Waals surface area contributed by atoms with Crippen molar-refractivity contribution in [1.82, 2.24) is 9.88 Å². The van der Waals surface area contributed by atoms with Crippen LogP contribution in [0.4, 0.5) is 0 Å². The first-order chi connectivity index (χ1) is 11.1. The number of H-pyrrole nitrogens is 1. The summed E-state index contributed by atoms with van der Waals surface area (Å²) in [6.45, 7) is 2.73. The highest BCUT2D eigenvalue weighted by molar-refractivity contribution is 5.95. The SMILES string of the molecule is CC1c2[nH]c3ccccc3c2CCN1C(=O)c1cc[n+]([O-])cc1. The second kappa shape index (κ2) is 5.12. The highest BCUT2D eigenvalue weighted by atomic mass is 16.5. The lowest BCUT2D eigenvalue weighted by Gasteiger charge is -2.33. The Hall–Kier alpha value is -2.82. The van der Waals surface area contributed by atoms with Crippen LogP contribution in [0.2, 0.25) is 0 Å². The van der Waals surface area contributed by atoms with Crippen LogP contribution < -0.4 is 4.73 Å². The van der Waals surface area contributed by atoms with E-state index in [2.05, 4.69) is 17.1 Å². The third-order valence-corrected chi connectivity index (χ3v) is 4.64. The molecule has 1 aliphatic heterocycles. The molecule has 1 unspecified atom stereocenters. The Balaban J connectivity index is 1.70. The second-order valence-electron chi connectivity index (χ2n) is 5.93. The number of nitrogens with zero attached hydrogens (tertiary/aromatic N) is 2. The molecule has 2 aromatic heterocycles. The van der Waals surface area contributed by atoms with Crippen molar-refractivity contribution >= 4 is 16.8 Å². The molecule has 116 valence electrons. The molecule has 5 nitrogen and oxygen atoms in total. The summed E-state index contributed by atoms with van der Waals surface area (Å²) in [5.74, 6) is -0.0394. The van der Waals surface area contributed by atoms with Gasteiger partial charge in [0, 0.05) is 35.3 Å². The third-order valence-electron chi connectivity index (χ3n) is 4.64. The van der Waals surface area contributed by atoms with Gasteiger partial charge >= 0.3 is 0 Å². The summed E-state index contributed by atoms with van der Waals surface area (Å²) >= 11 is 0. The van der Waals surface area contributed by atoms with Crippen LogP contribution in [0.5, 0.6) is 0 Å². The van der Waals surface area contributed by atoms with E-state index in [1.54, 1.807) is 12.1 Å². The molecule has 0 spiro atoms. The van der Waals surface area contributed by atoms with Crippen molar-refractivity contribution in [2.75, 3.05) is 6.54 Å². The van der Waals surface area contributed by atoms with Gasteiger partial charge in [0.25, 0.3) is 5.91 Å². The molecule has 0 radical (unpaired) electrons. The average molecular weight is 307 g/mol. The lowest BCUT2D eigenvalue weighted by atomic mass is 9.97. The molecule has 4 rings (SSSR count). The van der Waals surface area contributed by atoms with Gasteiger partial charge in [-0.15, -0.1) is 0 Å². The predicted molar refractivity (Wildman–Crippen MR) is 86.9 cm³/mol. The molecule has 1 aromatic carbocycles. The fraction of sp³-hybridized carbons (Fsp3) is 0.222. The van der Waals surface area contributed by atoms with Gasteiger partial charge in [0.1, 0.15) is 0 Å². The molecule has 1 aliphatic rings. The molecule has 23 heavy (non-hydrogen) atoms. The first-order valence-electron chi connectivity index (χ1n) is 7.74. The van der Waals surface area contributed by atoms with Crippen molar-refractivity contribution in [2.45, 2.75) is 19.4 Å². The molecular weight excluding hydrogens is 290 g/mol. The van der Waals surface area contributed by atoms with Gasteiger partial charge in [-0.05, 0) is 25.0 Å². The number of benzene rings is 1. The van der Waals surface area contributed by atoms with Gasteiger partial charge in [0.15, 0.2) is 12.4 Å². The fourth-order valence-corrected chi connectivity index (χ4v) is 3.43. The molecule has 1 atom stereocenters. The van der Waals surface area contributed by atoms with Crippen LogP contribution in [0.15, 0.2) is 48.8 Å². The molecule has 0 saturated carbocycles. The summed E-state index contributed by atoms with van der Waals surface area (Å²) in [5, 5.41) is 12.4. The topological polar surface area (TPSA) is 63.0 Å². The zero-order chi connectivity index (χ0) is 16.0. The maximum absolute atomic E-state index is 12.7. The maximum atomic E-state index is 12.7. The smallest absolute Gasteiger partial charge is 0.254 e. The average Bonchev–Trinajstić information content (AvgIpc) is 2.95. The normalized spacial score (nSPS) is 17.3. The monoisotopic (exact) mass is 307 g/mol. The standard InChI is InChI=1S/C18H17N3O2/c1-12-17-15(14-4-2-3-5-16(14)19-17)8-11-21(12)18(22)13-6-9-20(23)10-7-13/h2-7,9-10,12,19H,8,11H2,1H3. The Kier molecular flexibility index (Phi) is 3.08. The first kappa shape index (κ1) is 13.8. The van der Waals surface area contributed by atoms with E-state index in [0.29, 0.717) is 16.8 Å². The summed E-state index contributed by atoms with van der Waals surface area (Å²) in [5.41, 5.74) is 4.08. The third kappa shape index (κ3) is 2.16. The van der Waals surface area contributed by atoms with E-state index >= 15 is 0 Å². The number of carbonyl (C=O) groups is 1. The van der Waals surface area contributed by atoms with Crippen LogP contribution in [0.25, 0.3) is 10.9 Å². The van der Waals surface area contributed by atoms with Crippen molar-refractivity contribution in [3.63, 3.8) is 0 Å². The van der Waals surface area contributed by atoms with E-state index in [9.17, 15) is 10.0 Å². The van der Waals surface area contributed by atoms with E-state index < -0.39 is 0 Å². The Morgan fingerprint density at radius 1 is 1.26 bits per heavy atom. The summed E-state index contributed by atoms with van der Waals surface area (Å²) < 4.78 is 0.687. The van der Waals surface area contributed by atoms with Gasteiger partial charge in [-0.1, -0.05) is 18.2 Å². The van der Waals surface area contributed by atoms with Crippen LogP contribution in [0.3, 0.4) is 0 Å². The number of pyridine rings is 1. The van der Waals surface area contributed by atoms with Crippen molar-refractivity contribution < 1.29 is 9.52 Å². The maximum Gasteiger partial charge on any atom is 0.254 e. The van der Waals surface area contributed by atoms with E-state index in [1.165, 1.54) is 23.3 Å². The molecule has 1 amide bonds. The van der Waals surface area contributed by atoms with Gasteiger partial charge in [-0.2, -0.15) is 4.73 Å². The number of hydrogen-bond donors (Lipinski definition) is 1. The summed E-state index contributed by atoms with van der Waals surface area (Å²) in [7, 11) is 0. The number of nitrogens with one attached hydrogen (secondary N) is 1. The van der Waals surface area contributed by atoms with Crippen molar-refractivity contribution in [3.8, 4) is 0 Å². The molecule has 0 saturated heterocycles. The van der Waals surface area contributed by atoms with Crippen LogP contribution in [0, 0.1) is 5.21 Å². The molecule has 0 fully saturated rings. The van der Waals surface area contributed by atoms with E-state index in [0.717, 1.165) is 17.6 Å². The van der Waals surface area contributed by atoms with E-state index in [1.807, 2.05) is 24.0 Å². The highest BCUT2D eigenvalue weighted by Gasteiger charge is 2.30. The van der Waals surface area contributed by atoms with Gasteiger partial charge in [0.05, 0.1) is 11.6 Å². The number of amides is 1. The predicted octanol–water partition coefficient (Wildman–Crippen LogP) is 2.56. The quantitative estimate of drug-likeness (QED) is 0.555. The number of fused-ring (bicyclic) bond motifs is 3. The number of carbonyl (C=O) groups excluding carboxylic acids is 1. The van der Waals surface area contributed by atoms with Crippen molar-refractivity contribution in [1.29, 1.82) is 0 Å². The Labute approximate surface area is 133 Å². The minimum absolute atomic E-state index is 0.0155. The molecular formula is C18H17N3O2. The number of aromatic amines is 1. The Bertz CT molecular complexity index is 883. The van der Waals surface area contributed by atoms with Gasteiger partial charge in [-0.3, -0.25) is 4.79 Å². The largest absolute Gasteiger partial charge is 0.619 e. The van der Waals surface area contributed by atoms with E-state index in [-0.39, 0.29) is 11.9 Å². The Morgan fingerprint density at radius 2 is 2.00 bits per heavy atom. The lowest BCUT2D eigenvalue weighted by molar-refractivity contribution is -0.605. The molecule has 5 heteroatoms. The molecule has 0 aliphatic carbocycles. The van der Waals surface area contributed by atoms with Crippen LogP contribution in [-0.4, -0.2) is 22.3 Å². The van der Waals surface area contributed by atoms with Crippen LogP contribution >= 0.6 is 0 Å². The molecule has 3 aromatic rings. The van der Waals surface area contributed by atoms with Gasteiger partial charge < -0.3 is 15.1 Å².